The van der Waals surface area contributed by atoms with Gasteiger partial charge in [-0.25, -0.2) is 0 Å². The number of likely N-dealkylation sites (N-methyl/N-ethyl adjacent to an activating group) is 1. The van der Waals surface area contributed by atoms with Crippen molar-refractivity contribution in [2.45, 2.75) is 112 Å². The number of benzene rings is 2. The SMILES string of the molecule is CCOc1c(CN2O[C@@H](CO)[C@@H]([C@H](C)O)[C@H]2C(=O)N[C@H]2C[C@@H](C)C(C)(C)[C@@H](C)[C@@H]2C)cccc1-c1cc(C(=O)N[C@@H](CC(C)C)CN(C)C)cc(N(C)C)c1. The summed E-state index contributed by atoms with van der Waals surface area (Å²) in [6.45, 7) is 20.2. The lowest BCUT2D eigenvalue weighted by molar-refractivity contribution is -0.182. The predicted octanol–water partition coefficient (Wildman–Crippen LogP) is 5.82. The Morgan fingerprint density at radius 3 is 2.35 bits per heavy atom. The molecule has 0 unspecified atom stereocenters. The lowest BCUT2D eigenvalue weighted by atomic mass is 9.58. The first-order chi connectivity index (χ1) is 25.8. The predicted molar refractivity (Wildman–Crippen MR) is 221 cm³/mol. The molecule has 0 spiro atoms. The summed E-state index contributed by atoms with van der Waals surface area (Å²) in [7, 11) is 7.94. The summed E-state index contributed by atoms with van der Waals surface area (Å²) in [4.78, 5) is 38.7. The Kier molecular flexibility index (Phi) is 15.2. The zero-order valence-corrected chi connectivity index (χ0v) is 35.8. The quantitative estimate of drug-likeness (QED) is 0.167. The Labute approximate surface area is 331 Å². The highest BCUT2D eigenvalue weighted by molar-refractivity contribution is 5.97. The van der Waals surface area contributed by atoms with Gasteiger partial charge in [-0.05, 0) is 93.6 Å². The minimum Gasteiger partial charge on any atom is -0.493 e. The van der Waals surface area contributed by atoms with Gasteiger partial charge in [0.05, 0.1) is 25.9 Å². The molecular formula is C44H71N5O6. The van der Waals surface area contributed by atoms with E-state index in [0.717, 1.165) is 41.8 Å². The molecule has 2 amide bonds. The van der Waals surface area contributed by atoms with Gasteiger partial charge < -0.3 is 35.4 Å². The lowest BCUT2D eigenvalue weighted by Gasteiger charge is -2.50. The molecule has 2 fully saturated rings. The van der Waals surface area contributed by atoms with E-state index in [1.165, 1.54) is 0 Å². The van der Waals surface area contributed by atoms with Gasteiger partial charge in [-0.1, -0.05) is 66.7 Å². The van der Waals surface area contributed by atoms with Crippen molar-refractivity contribution in [1.29, 1.82) is 0 Å². The maximum Gasteiger partial charge on any atom is 0.251 e. The molecule has 1 saturated carbocycles. The second-order valence-electron chi connectivity index (χ2n) is 17.8. The molecule has 2 aliphatic rings. The molecule has 55 heavy (non-hydrogen) atoms. The number of anilines is 1. The van der Waals surface area contributed by atoms with Crippen molar-refractivity contribution in [1.82, 2.24) is 20.6 Å². The van der Waals surface area contributed by atoms with Crippen LogP contribution in [0.1, 0.15) is 91.1 Å². The van der Waals surface area contributed by atoms with Crippen molar-refractivity contribution in [2.75, 3.05) is 52.8 Å². The molecule has 1 saturated heterocycles. The summed E-state index contributed by atoms with van der Waals surface area (Å²) >= 11 is 0. The van der Waals surface area contributed by atoms with E-state index in [1.54, 1.807) is 12.0 Å². The van der Waals surface area contributed by atoms with E-state index in [1.807, 2.05) is 76.4 Å². The van der Waals surface area contributed by atoms with Gasteiger partial charge >= 0.3 is 0 Å². The largest absolute Gasteiger partial charge is 0.493 e. The highest BCUT2D eigenvalue weighted by atomic mass is 16.7. The first-order valence-corrected chi connectivity index (χ1v) is 20.4. The maximum absolute atomic E-state index is 14.4. The fraction of sp³-hybridized carbons (Fsp3) is 0.682. The van der Waals surface area contributed by atoms with Gasteiger partial charge in [0.2, 0.25) is 5.91 Å². The number of nitrogens with one attached hydrogen (secondary N) is 2. The van der Waals surface area contributed by atoms with Crippen molar-refractivity contribution >= 4 is 17.5 Å². The van der Waals surface area contributed by atoms with E-state index in [-0.39, 0.29) is 48.4 Å². The van der Waals surface area contributed by atoms with Gasteiger partial charge in [-0.15, -0.1) is 0 Å². The van der Waals surface area contributed by atoms with Crippen molar-refractivity contribution in [2.24, 2.45) is 35.0 Å². The van der Waals surface area contributed by atoms with Crippen LogP contribution in [0.4, 0.5) is 5.69 Å². The molecule has 9 atom stereocenters. The second kappa shape index (κ2) is 18.8. The number of carbonyl (C=O) groups is 2. The summed E-state index contributed by atoms with van der Waals surface area (Å²) in [5.41, 5.74) is 3.97. The molecule has 2 aromatic carbocycles. The van der Waals surface area contributed by atoms with E-state index >= 15 is 0 Å². The van der Waals surface area contributed by atoms with Crippen LogP contribution in [0.3, 0.4) is 0 Å². The summed E-state index contributed by atoms with van der Waals surface area (Å²) in [5, 5.41) is 29.7. The molecule has 2 aromatic rings. The molecular weight excluding hydrogens is 695 g/mol. The third kappa shape index (κ3) is 10.4. The minimum atomic E-state index is -0.910. The molecule has 0 radical (unpaired) electrons. The number of ether oxygens (including phenoxy) is 1. The molecule has 1 aliphatic carbocycles. The van der Waals surface area contributed by atoms with Crippen LogP contribution in [0.2, 0.25) is 0 Å². The number of hydrogen-bond acceptors (Lipinski definition) is 9. The Morgan fingerprint density at radius 2 is 1.76 bits per heavy atom. The number of para-hydroxylation sites is 1. The standard InChI is InChI=1S/C44H71N5O6/c1-14-54-41-31(16-15-17-36(41)32-20-33(22-35(21-32)48(12)13)42(52)45-34(18-26(2)3)24-47(10)11)23-49-40(39(30(7)51)38(25-50)55-49)43(53)46-37-19-27(4)44(8,9)29(6)28(37)5/h15-17,20-22,26-30,34,37-40,50-51H,14,18-19,23-25H2,1-13H3,(H,45,52)(H,46,53)/t27-,28+,29+,30+,34+,37+,38+,39-,40+/m1/s1. The Morgan fingerprint density at radius 1 is 1.07 bits per heavy atom. The first kappa shape index (κ1) is 44.5. The summed E-state index contributed by atoms with van der Waals surface area (Å²) in [5.74, 6) is 1.09. The van der Waals surface area contributed by atoms with Gasteiger partial charge in [0.15, 0.2) is 0 Å². The van der Waals surface area contributed by atoms with E-state index in [4.69, 9.17) is 9.57 Å². The normalized spacial score (nSPS) is 26.5. The minimum absolute atomic E-state index is 0.00457. The molecule has 308 valence electrons. The summed E-state index contributed by atoms with van der Waals surface area (Å²) < 4.78 is 6.39. The third-order valence-corrected chi connectivity index (χ3v) is 12.6. The number of amides is 2. The fourth-order valence-corrected chi connectivity index (χ4v) is 8.74. The van der Waals surface area contributed by atoms with Crippen LogP contribution >= 0.6 is 0 Å². The zero-order valence-electron chi connectivity index (χ0n) is 35.8. The van der Waals surface area contributed by atoms with Gasteiger partial charge in [0.25, 0.3) is 5.91 Å². The third-order valence-electron chi connectivity index (χ3n) is 12.6. The first-order valence-electron chi connectivity index (χ1n) is 20.4. The van der Waals surface area contributed by atoms with Crippen LogP contribution in [0.5, 0.6) is 5.75 Å². The number of rotatable bonds is 16. The number of aliphatic hydroxyl groups is 2. The molecule has 4 N–H and O–H groups in total. The molecule has 1 heterocycles. The molecule has 1 aliphatic heterocycles. The van der Waals surface area contributed by atoms with Gasteiger partial charge in [-0.3, -0.25) is 14.4 Å². The van der Waals surface area contributed by atoms with Crippen molar-refractivity contribution in [3.8, 4) is 16.9 Å². The van der Waals surface area contributed by atoms with Crippen molar-refractivity contribution in [3.63, 3.8) is 0 Å². The van der Waals surface area contributed by atoms with Crippen LogP contribution in [0, 0.1) is 35.0 Å². The van der Waals surface area contributed by atoms with Crippen LogP contribution < -0.4 is 20.3 Å². The van der Waals surface area contributed by atoms with Gasteiger partial charge in [0, 0.05) is 61.0 Å². The average Bonchev–Trinajstić information content (AvgIpc) is 3.48. The highest BCUT2D eigenvalue weighted by Crippen LogP contribution is 2.48. The van der Waals surface area contributed by atoms with Crippen LogP contribution in [0.25, 0.3) is 11.1 Å². The van der Waals surface area contributed by atoms with E-state index in [0.29, 0.717) is 35.7 Å². The van der Waals surface area contributed by atoms with Crippen molar-refractivity contribution < 1.29 is 29.4 Å². The number of carbonyl (C=O) groups excluding carboxylic acids is 2. The van der Waals surface area contributed by atoms with Crippen LogP contribution in [-0.4, -0.2) is 110 Å². The summed E-state index contributed by atoms with van der Waals surface area (Å²) in [6, 6.07) is 10.9. The smallest absolute Gasteiger partial charge is 0.251 e. The lowest BCUT2D eigenvalue weighted by Crippen LogP contribution is -2.56. The fourth-order valence-electron chi connectivity index (χ4n) is 8.74. The topological polar surface area (TPSA) is 127 Å². The van der Waals surface area contributed by atoms with Crippen molar-refractivity contribution in [3.05, 3.63) is 47.5 Å². The molecule has 11 heteroatoms. The number of aliphatic hydroxyl groups excluding tert-OH is 2. The van der Waals surface area contributed by atoms with Crippen LogP contribution in [-0.2, 0) is 16.2 Å². The number of hydrogen-bond donors (Lipinski definition) is 4. The van der Waals surface area contributed by atoms with E-state index in [2.05, 4.69) is 64.0 Å². The number of hydroxylamine groups is 2. The van der Waals surface area contributed by atoms with E-state index < -0.39 is 24.2 Å². The molecule has 4 rings (SSSR count). The van der Waals surface area contributed by atoms with Gasteiger partial charge in [-0.2, -0.15) is 5.06 Å². The monoisotopic (exact) mass is 766 g/mol. The van der Waals surface area contributed by atoms with Gasteiger partial charge in [0.1, 0.15) is 17.9 Å². The van der Waals surface area contributed by atoms with E-state index in [9.17, 15) is 19.8 Å². The zero-order chi connectivity index (χ0) is 40.9. The average molecular weight is 766 g/mol. The maximum atomic E-state index is 14.4. The molecule has 0 bridgehead atoms. The summed E-state index contributed by atoms with van der Waals surface area (Å²) in [6.07, 6.45) is 0.0470. The highest BCUT2D eigenvalue weighted by Gasteiger charge is 2.51. The molecule has 11 nitrogen and oxygen atoms in total. The molecule has 0 aromatic heterocycles. The Balaban J connectivity index is 1.72. The van der Waals surface area contributed by atoms with Crippen LogP contribution in [0.15, 0.2) is 36.4 Å². The second-order valence-corrected chi connectivity index (χ2v) is 17.8. The Bertz CT molecular complexity index is 1580. The Hall–Kier alpha value is -3.22. The number of nitrogens with zero attached hydrogens (tertiary/aromatic N) is 3.